The van der Waals surface area contributed by atoms with E-state index in [0.717, 1.165) is 22.0 Å². The number of carbonyl (C=O) groups excluding carboxylic acids is 2. The minimum absolute atomic E-state index is 0.0435. The van der Waals surface area contributed by atoms with Crippen LogP contribution >= 0.6 is 0 Å². The maximum absolute atomic E-state index is 13.8. The van der Waals surface area contributed by atoms with E-state index in [1.165, 1.54) is 53.4 Å². The molecular formula is C29H33F2N3O4S. The molecule has 2 amide bonds. The largest absolute Gasteiger partial charge is 0.354 e. The van der Waals surface area contributed by atoms with Gasteiger partial charge in [-0.2, -0.15) is 0 Å². The molecule has 0 saturated heterocycles. The highest BCUT2D eigenvalue weighted by Gasteiger charge is 2.32. The fraction of sp³-hybridized carbons (Fsp3) is 0.310. The number of anilines is 1. The number of nitrogens with one attached hydrogen (secondary N) is 1. The summed E-state index contributed by atoms with van der Waals surface area (Å²) < 4.78 is 55.5. The molecule has 0 aliphatic rings. The number of hydrogen-bond donors (Lipinski definition) is 1. The first-order chi connectivity index (χ1) is 18.4. The molecule has 0 aliphatic carbocycles. The second kappa shape index (κ2) is 12.8. The van der Waals surface area contributed by atoms with Crippen LogP contribution in [0.5, 0.6) is 0 Å². The van der Waals surface area contributed by atoms with Gasteiger partial charge in [0.1, 0.15) is 24.2 Å². The first-order valence-corrected chi connectivity index (χ1v) is 14.0. The maximum Gasteiger partial charge on any atom is 0.264 e. The van der Waals surface area contributed by atoms with Gasteiger partial charge in [0.05, 0.1) is 10.6 Å². The van der Waals surface area contributed by atoms with Crippen molar-refractivity contribution in [1.29, 1.82) is 0 Å². The highest BCUT2D eigenvalue weighted by atomic mass is 32.2. The van der Waals surface area contributed by atoms with Gasteiger partial charge < -0.3 is 10.2 Å². The van der Waals surface area contributed by atoms with Gasteiger partial charge in [-0.1, -0.05) is 43.7 Å². The van der Waals surface area contributed by atoms with Crippen molar-refractivity contribution in [1.82, 2.24) is 10.2 Å². The van der Waals surface area contributed by atoms with Gasteiger partial charge in [0.15, 0.2) is 0 Å². The molecule has 0 fully saturated rings. The molecule has 0 heterocycles. The molecule has 3 rings (SSSR count). The third-order valence-electron chi connectivity index (χ3n) is 6.12. The molecule has 39 heavy (non-hydrogen) atoms. The Balaban J connectivity index is 2.00. The molecule has 0 bridgehead atoms. The Morgan fingerprint density at radius 2 is 1.38 bits per heavy atom. The number of amides is 2. The van der Waals surface area contributed by atoms with Crippen molar-refractivity contribution in [3.63, 3.8) is 0 Å². The minimum atomic E-state index is -4.24. The van der Waals surface area contributed by atoms with Crippen LogP contribution in [0, 0.1) is 24.5 Å². The predicted octanol–water partition coefficient (Wildman–Crippen LogP) is 4.66. The van der Waals surface area contributed by atoms with Gasteiger partial charge in [0.2, 0.25) is 11.8 Å². The highest BCUT2D eigenvalue weighted by molar-refractivity contribution is 7.92. The topological polar surface area (TPSA) is 86.8 Å². The molecule has 1 N–H and O–H groups in total. The zero-order chi connectivity index (χ0) is 28.7. The fourth-order valence-electron chi connectivity index (χ4n) is 3.80. The summed E-state index contributed by atoms with van der Waals surface area (Å²) in [5, 5.41) is 2.80. The number of hydrogen-bond acceptors (Lipinski definition) is 4. The summed E-state index contributed by atoms with van der Waals surface area (Å²) in [5.74, 6) is -1.91. The Morgan fingerprint density at radius 3 is 1.92 bits per heavy atom. The molecule has 0 aliphatic heterocycles. The Kier molecular flexibility index (Phi) is 9.80. The normalized spacial score (nSPS) is 12.2. The molecule has 3 aromatic rings. The molecule has 1 atom stereocenters. The van der Waals surface area contributed by atoms with E-state index in [0.29, 0.717) is 12.1 Å². The van der Waals surface area contributed by atoms with E-state index in [4.69, 9.17) is 0 Å². The van der Waals surface area contributed by atoms with E-state index in [2.05, 4.69) is 5.32 Å². The Hall–Kier alpha value is -3.79. The average molecular weight is 558 g/mol. The summed E-state index contributed by atoms with van der Waals surface area (Å²) in [6.07, 6.45) is 0. The van der Waals surface area contributed by atoms with Gasteiger partial charge in [-0.15, -0.1) is 0 Å². The number of sulfonamides is 1. The Bertz CT molecular complexity index is 1380. The molecule has 3 aromatic carbocycles. The summed E-state index contributed by atoms with van der Waals surface area (Å²) in [6.45, 7) is 6.92. The molecular weight excluding hydrogens is 524 g/mol. The molecule has 0 saturated carbocycles. The van der Waals surface area contributed by atoms with Crippen LogP contribution < -0.4 is 9.62 Å². The van der Waals surface area contributed by atoms with Crippen molar-refractivity contribution >= 4 is 27.5 Å². The molecule has 7 nitrogen and oxygen atoms in total. The number of nitrogens with zero attached hydrogens (tertiary/aromatic N) is 2. The van der Waals surface area contributed by atoms with Crippen molar-refractivity contribution < 1.29 is 26.8 Å². The smallest absolute Gasteiger partial charge is 0.264 e. The Morgan fingerprint density at radius 1 is 0.846 bits per heavy atom. The third kappa shape index (κ3) is 7.86. The summed E-state index contributed by atoms with van der Waals surface area (Å²) in [4.78, 5) is 27.9. The first-order valence-electron chi connectivity index (χ1n) is 12.5. The van der Waals surface area contributed by atoms with Crippen molar-refractivity contribution in [2.75, 3.05) is 17.4 Å². The quantitative estimate of drug-likeness (QED) is 0.372. The molecule has 10 heteroatoms. The first kappa shape index (κ1) is 29.8. The van der Waals surface area contributed by atoms with Crippen LogP contribution in [0.2, 0.25) is 0 Å². The van der Waals surface area contributed by atoms with Gasteiger partial charge in [-0.3, -0.25) is 13.9 Å². The third-order valence-corrected chi connectivity index (χ3v) is 7.91. The van der Waals surface area contributed by atoms with Crippen molar-refractivity contribution in [2.45, 2.75) is 45.2 Å². The highest BCUT2D eigenvalue weighted by Crippen LogP contribution is 2.25. The lowest BCUT2D eigenvalue weighted by molar-refractivity contribution is -0.139. The molecule has 0 aromatic heterocycles. The Labute approximate surface area is 228 Å². The second-order valence-electron chi connectivity index (χ2n) is 9.76. The van der Waals surface area contributed by atoms with Crippen molar-refractivity contribution in [3.05, 3.63) is 95.6 Å². The summed E-state index contributed by atoms with van der Waals surface area (Å²) in [5.41, 5.74) is 1.50. The summed E-state index contributed by atoms with van der Waals surface area (Å²) in [7, 11) is -4.24. The van der Waals surface area contributed by atoms with E-state index in [1.807, 2.05) is 20.8 Å². The predicted molar refractivity (Wildman–Crippen MR) is 146 cm³/mol. The van der Waals surface area contributed by atoms with Crippen molar-refractivity contribution in [3.8, 4) is 0 Å². The number of aryl methyl sites for hydroxylation is 1. The van der Waals surface area contributed by atoms with E-state index in [9.17, 15) is 26.8 Å². The molecule has 0 spiro atoms. The van der Waals surface area contributed by atoms with Crippen LogP contribution in [0.3, 0.4) is 0 Å². The van der Waals surface area contributed by atoms with Gasteiger partial charge >= 0.3 is 0 Å². The second-order valence-corrected chi connectivity index (χ2v) is 11.6. The van der Waals surface area contributed by atoms with Gasteiger partial charge in [0, 0.05) is 13.1 Å². The number of rotatable bonds is 11. The maximum atomic E-state index is 13.8. The summed E-state index contributed by atoms with van der Waals surface area (Å²) in [6, 6.07) is 15.4. The fourth-order valence-corrected chi connectivity index (χ4v) is 5.21. The SMILES string of the molecule is Cc1ccc(S(=O)(=O)N(CC(=O)N(Cc2ccc(F)cc2)[C@H](C)C(=O)NCC(C)C)c2ccc(F)cc2)cc1. The number of carbonyl (C=O) groups is 2. The molecule has 0 unspecified atom stereocenters. The molecule has 208 valence electrons. The van der Waals surface area contributed by atoms with E-state index in [1.54, 1.807) is 19.1 Å². The monoisotopic (exact) mass is 557 g/mol. The lowest BCUT2D eigenvalue weighted by Crippen LogP contribution is -2.51. The van der Waals surface area contributed by atoms with Crippen LogP contribution in [0.4, 0.5) is 14.5 Å². The van der Waals surface area contributed by atoms with Crippen molar-refractivity contribution in [2.24, 2.45) is 5.92 Å². The van der Waals surface area contributed by atoms with Crippen LogP contribution in [0.15, 0.2) is 77.7 Å². The van der Waals surface area contributed by atoms with Gasteiger partial charge in [-0.05, 0) is 73.9 Å². The summed E-state index contributed by atoms with van der Waals surface area (Å²) >= 11 is 0. The average Bonchev–Trinajstić information content (AvgIpc) is 2.90. The van der Waals surface area contributed by atoms with Crippen LogP contribution in [0.25, 0.3) is 0 Å². The van der Waals surface area contributed by atoms with Gasteiger partial charge in [-0.25, -0.2) is 17.2 Å². The zero-order valence-corrected chi connectivity index (χ0v) is 23.2. The van der Waals surface area contributed by atoms with Gasteiger partial charge in [0.25, 0.3) is 10.0 Å². The standard InChI is InChI=1S/C29H33F2N3O4S/c1-20(2)17-32-29(36)22(4)33(18-23-7-9-24(30)10-8-23)28(35)19-34(26-13-11-25(31)12-14-26)39(37,38)27-15-5-21(3)6-16-27/h5-16,20,22H,17-19H2,1-4H3,(H,32,36)/t22-/m1/s1. The lowest BCUT2D eigenvalue weighted by Gasteiger charge is -2.32. The van der Waals surface area contributed by atoms with Crippen LogP contribution in [-0.2, 0) is 26.2 Å². The molecule has 0 radical (unpaired) electrons. The van der Waals surface area contributed by atoms with Crippen LogP contribution in [0.1, 0.15) is 31.9 Å². The van der Waals surface area contributed by atoms with E-state index >= 15 is 0 Å². The lowest BCUT2D eigenvalue weighted by atomic mass is 10.1. The number of halogens is 2. The minimum Gasteiger partial charge on any atom is -0.354 e. The zero-order valence-electron chi connectivity index (χ0n) is 22.4. The van der Waals surface area contributed by atoms with E-state index in [-0.39, 0.29) is 23.0 Å². The number of benzene rings is 3. The van der Waals surface area contributed by atoms with E-state index < -0.39 is 46.1 Å². The van der Waals surface area contributed by atoms with Crippen LogP contribution in [-0.4, -0.2) is 44.3 Å².